The topological polar surface area (TPSA) is 155 Å². The molecule has 1 aromatic heterocycles. The first-order chi connectivity index (χ1) is 20.5. The average Bonchev–Trinajstić information content (AvgIpc) is 3.35. The first kappa shape index (κ1) is 32.4. The van der Waals surface area contributed by atoms with Gasteiger partial charge < -0.3 is 41.8 Å². The highest BCUT2D eigenvalue weighted by molar-refractivity contribution is 6.31. The summed E-state index contributed by atoms with van der Waals surface area (Å²) in [6.45, 7) is 3.62. The van der Waals surface area contributed by atoms with Crippen LogP contribution in [0.2, 0.25) is 5.02 Å². The number of fused-ring (bicyclic) bond motifs is 1. The molecule has 0 fully saturated rings. The molecule has 2 aromatic carbocycles. The molecule has 10 nitrogen and oxygen atoms in total. The summed E-state index contributed by atoms with van der Waals surface area (Å²) in [7, 11) is 3.98. The minimum atomic E-state index is -1.15. The first-order valence-electron chi connectivity index (χ1n) is 14.4. The number of ether oxygens (including phenoxy) is 1. The van der Waals surface area contributed by atoms with Gasteiger partial charge in [-0.15, -0.1) is 0 Å². The largest absolute Gasteiger partial charge is 0.372 e. The van der Waals surface area contributed by atoms with Gasteiger partial charge in [0.05, 0.1) is 23.4 Å². The number of guanidine groups is 1. The minimum Gasteiger partial charge on any atom is -0.372 e. The van der Waals surface area contributed by atoms with Crippen LogP contribution < -0.4 is 32.8 Å². The Bertz CT molecular complexity index is 1520. The summed E-state index contributed by atoms with van der Waals surface area (Å²) < 4.78 is 21.3. The summed E-state index contributed by atoms with van der Waals surface area (Å²) in [5, 5.41) is 11.6. The zero-order valence-electron chi connectivity index (χ0n) is 24.9. The van der Waals surface area contributed by atoms with Crippen LogP contribution in [0.3, 0.4) is 0 Å². The fourth-order valence-corrected chi connectivity index (χ4v) is 5.22. The molecular formula is C31H42ClFN8O2. The van der Waals surface area contributed by atoms with E-state index in [1.54, 1.807) is 23.2 Å². The highest BCUT2D eigenvalue weighted by Crippen LogP contribution is 2.29. The molecule has 2 heterocycles. The summed E-state index contributed by atoms with van der Waals surface area (Å²) in [6.07, 6.45) is 3.79. The van der Waals surface area contributed by atoms with Gasteiger partial charge in [0.25, 0.3) is 0 Å². The van der Waals surface area contributed by atoms with Crippen LogP contribution in [0, 0.1) is 5.82 Å². The molecule has 0 amide bonds. The maximum absolute atomic E-state index is 15.1. The first-order valence-corrected chi connectivity index (χ1v) is 14.8. The number of likely N-dealkylation sites (N-methyl/N-ethyl adjacent to an activating group) is 1. The standard InChI is InChI=1S/C31H42ClFN8O2/c1-19(34)5-4-6-21-13-25(28(33)26(32)14-21)27-15-22-16-41(31(42)39-29(22)38-27)23-9-7-20(8-10-23)18-43-24(17-40(2)3)11-12-37-30(35)36/h7-10,13-16,19,24,31,42H,4-6,11-12,17-18,34H2,1-3H3,(H,38,39)(H4,35,36,37)/t19-,24+,31?/m0/s1. The Hall–Kier alpha value is -3.48. The Morgan fingerprint density at radius 1 is 1.19 bits per heavy atom. The molecule has 0 saturated heterocycles. The van der Waals surface area contributed by atoms with Gasteiger partial charge in [-0.2, -0.15) is 0 Å². The van der Waals surface area contributed by atoms with Gasteiger partial charge in [0, 0.05) is 41.8 Å². The Labute approximate surface area is 256 Å². The number of aliphatic hydroxyl groups is 1. The number of aromatic nitrogens is 1. The van der Waals surface area contributed by atoms with Crippen molar-refractivity contribution < 1.29 is 14.2 Å². The van der Waals surface area contributed by atoms with E-state index in [1.807, 2.05) is 51.4 Å². The molecule has 12 heteroatoms. The third kappa shape index (κ3) is 9.01. The quantitative estimate of drug-likeness (QED) is 0.138. The molecule has 0 spiro atoms. The maximum Gasteiger partial charge on any atom is 0.231 e. The molecule has 1 unspecified atom stereocenters. The van der Waals surface area contributed by atoms with Crippen LogP contribution in [0.25, 0.3) is 17.5 Å². The van der Waals surface area contributed by atoms with E-state index in [0.29, 0.717) is 36.3 Å². The summed E-state index contributed by atoms with van der Waals surface area (Å²) in [6, 6.07) is 13.1. The van der Waals surface area contributed by atoms with Crippen LogP contribution in [0.4, 0.5) is 10.1 Å². The van der Waals surface area contributed by atoms with E-state index < -0.39 is 12.2 Å². The van der Waals surface area contributed by atoms with Crippen LogP contribution in [0.15, 0.2) is 52.4 Å². The Morgan fingerprint density at radius 3 is 2.60 bits per heavy atom. The summed E-state index contributed by atoms with van der Waals surface area (Å²) in [5.41, 5.74) is 20.8. The number of benzene rings is 2. The maximum atomic E-state index is 15.1. The Morgan fingerprint density at radius 2 is 1.93 bits per heavy atom. The molecule has 3 aromatic rings. The Balaban J connectivity index is 1.49. The van der Waals surface area contributed by atoms with E-state index in [1.165, 1.54) is 0 Å². The van der Waals surface area contributed by atoms with Crippen molar-refractivity contribution in [1.29, 1.82) is 0 Å². The lowest BCUT2D eigenvalue weighted by molar-refractivity contribution is 0.0207. The van der Waals surface area contributed by atoms with Crippen molar-refractivity contribution in [2.24, 2.45) is 27.2 Å². The molecule has 3 atom stereocenters. The van der Waals surface area contributed by atoms with E-state index in [0.717, 1.165) is 47.8 Å². The van der Waals surface area contributed by atoms with E-state index in [4.69, 9.17) is 33.5 Å². The molecule has 232 valence electrons. The normalized spacial score (nSPS) is 15.9. The number of nitrogens with zero attached hydrogens (tertiary/aromatic N) is 4. The number of rotatable bonds is 14. The highest BCUT2D eigenvalue weighted by Gasteiger charge is 2.20. The smallest absolute Gasteiger partial charge is 0.231 e. The third-order valence-electron chi connectivity index (χ3n) is 7.14. The molecule has 0 aliphatic carbocycles. The number of hydrogen-bond donors (Lipinski definition) is 5. The lowest BCUT2D eigenvalue weighted by Crippen LogP contribution is -2.41. The second kappa shape index (κ2) is 14.8. The SMILES string of the molecule is C[C@H](N)CCCc1cc(Cl)c(F)c(-c2cc3c([nH]2)=NC(O)N(c2ccc(CO[C@H](CCN=C(N)N)CN(C)C)cc2)C=3)c1. The van der Waals surface area contributed by atoms with Crippen LogP contribution in [-0.2, 0) is 17.8 Å². The van der Waals surface area contributed by atoms with Crippen LogP contribution in [0.1, 0.15) is 37.3 Å². The molecule has 1 aliphatic rings. The van der Waals surface area contributed by atoms with Gasteiger partial charge >= 0.3 is 0 Å². The van der Waals surface area contributed by atoms with Gasteiger partial charge in [-0.05, 0) is 88.2 Å². The number of nitrogens with two attached hydrogens (primary N) is 3. The number of aliphatic imine (C=N–C) groups is 1. The van der Waals surface area contributed by atoms with E-state index in [9.17, 15) is 5.11 Å². The van der Waals surface area contributed by atoms with Gasteiger partial charge in [0.2, 0.25) is 6.35 Å². The number of aryl methyl sites for hydroxylation is 1. The third-order valence-corrected chi connectivity index (χ3v) is 7.41. The van der Waals surface area contributed by atoms with Gasteiger partial charge in [-0.1, -0.05) is 23.7 Å². The van der Waals surface area contributed by atoms with Crippen LogP contribution >= 0.6 is 11.6 Å². The van der Waals surface area contributed by atoms with Crippen LogP contribution in [-0.4, -0.2) is 66.6 Å². The monoisotopic (exact) mass is 612 g/mol. The Kier molecular flexibility index (Phi) is 11.2. The van der Waals surface area contributed by atoms with E-state index in [2.05, 4.69) is 19.9 Å². The number of hydrogen-bond acceptors (Lipinski definition) is 7. The van der Waals surface area contributed by atoms with Crippen molar-refractivity contribution in [3.63, 3.8) is 0 Å². The predicted molar refractivity (Wildman–Crippen MR) is 170 cm³/mol. The summed E-state index contributed by atoms with van der Waals surface area (Å²) in [4.78, 5) is 15.3. The van der Waals surface area contributed by atoms with Crippen molar-refractivity contribution >= 4 is 29.4 Å². The lowest BCUT2D eigenvalue weighted by Gasteiger charge is -2.25. The zero-order chi connectivity index (χ0) is 31.1. The summed E-state index contributed by atoms with van der Waals surface area (Å²) in [5.74, 6) is -0.435. The zero-order valence-corrected chi connectivity index (χ0v) is 25.7. The van der Waals surface area contributed by atoms with Crippen molar-refractivity contribution in [2.75, 3.05) is 32.1 Å². The molecule has 1 aliphatic heterocycles. The number of aliphatic hydroxyl groups excluding tert-OH is 1. The number of aromatic amines is 1. The minimum absolute atomic E-state index is 0.0370. The van der Waals surface area contributed by atoms with Crippen molar-refractivity contribution in [3.8, 4) is 11.3 Å². The van der Waals surface area contributed by atoms with Gasteiger partial charge in [0.15, 0.2) is 11.8 Å². The fourth-order valence-electron chi connectivity index (χ4n) is 4.98. The van der Waals surface area contributed by atoms with Gasteiger partial charge in [-0.25, -0.2) is 9.38 Å². The van der Waals surface area contributed by atoms with E-state index in [-0.39, 0.29) is 23.1 Å². The molecular weight excluding hydrogens is 571 g/mol. The molecule has 0 saturated carbocycles. The predicted octanol–water partition coefficient (Wildman–Crippen LogP) is 2.41. The van der Waals surface area contributed by atoms with Crippen LogP contribution in [0.5, 0.6) is 0 Å². The number of anilines is 1. The molecule has 4 rings (SSSR count). The van der Waals surface area contributed by atoms with Gasteiger partial charge in [0.1, 0.15) is 5.49 Å². The van der Waals surface area contributed by atoms with Crippen molar-refractivity contribution in [2.45, 2.75) is 57.7 Å². The van der Waals surface area contributed by atoms with Gasteiger partial charge in [-0.3, -0.25) is 4.99 Å². The molecule has 8 N–H and O–H groups in total. The number of halogens is 2. The molecule has 0 bridgehead atoms. The highest BCUT2D eigenvalue weighted by atomic mass is 35.5. The van der Waals surface area contributed by atoms with Crippen molar-refractivity contribution in [1.82, 2.24) is 9.88 Å². The molecule has 43 heavy (non-hydrogen) atoms. The summed E-state index contributed by atoms with van der Waals surface area (Å²) >= 11 is 6.25. The molecule has 0 radical (unpaired) electrons. The number of H-pyrrole nitrogens is 1. The second-order valence-electron chi connectivity index (χ2n) is 11.3. The number of nitrogens with one attached hydrogen (secondary N) is 1. The second-order valence-corrected chi connectivity index (χ2v) is 11.7. The van der Waals surface area contributed by atoms with E-state index >= 15 is 4.39 Å². The van der Waals surface area contributed by atoms with Crippen molar-refractivity contribution in [3.05, 3.63) is 75.1 Å². The fraction of sp³-hybridized carbons (Fsp3) is 0.419. The lowest BCUT2D eigenvalue weighted by atomic mass is 10.0. The average molecular weight is 613 g/mol.